The van der Waals surface area contributed by atoms with Gasteiger partial charge in [0.25, 0.3) is 0 Å². The molecule has 5 heteroatoms. The van der Waals surface area contributed by atoms with Gasteiger partial charge in [-0.2, -0.15) is 0 Å². The van der Waals surface area contributed by atoms with E-state index in [0.29, 0.717) is 19.3 Å². The lowest BCUT2D eigenvalue weighted by atomic mass is 9.89. The second-order valence-electron chi connectivity index (χ2n) is 5.82. The Hall–Kier alpha value is -1.36. The normalized spacial score (nSPS) is 26.7. The average Bonchev–Trinajstić information content (AvgIpc) is 2.41. The quantitative estimate of drug-likeness (QED) is 0.617. The number of esters is 2. The predicted molar refractivity (Wildman–Crippen MR) is 73.9 cm³/mol. The molecule has 0 aromatic rings. The van der Waals surface area contributed by atoms with Gasteiger partial charge in [0.1, 0.15) is 12.2 Å². The van der Waals surface area contributed by atoms with E-state index in [-0.39, 0.29) is 18.5 Å². The molecule has 3 atom stereocenters. The van der Waals surface area contributed by atoms with Crippen molar-refractivity contribution in [2.75, 3.05) is 0 Å². The van der Waals surface area contributed by atoms with E-state index in [1.165, 1.54) is 0 Å². The van der Waals surface area contributed by atoms with Crippen molar-refractivity contribution >= 4 is 11.9 Å². The molecule has 1 saturated carbocycles. The van der Waals surface area contributed by atoms with Crippen molar-refractivity contribution in [3.63, 3.8) is 0 Å². The summed E-state index contributed by atoms with van der Waals surface area (Å²) in [7, 11) is 0. The Kier molecular flexibility index (Phi) is 5.74. The van der Waals surface area contributed by atoms with E-state index < -0.39 is 23.6 Å². The number of carbonyl (C=O) groups excluding carboxylic acids is 2. The standard InChI is InChI=1S/C15H24O5/c1-5-13(17)19-10-7-8-12(11(16)9-10)20-14(18)15(3,4)6-2/h5,10-12,16H,1,6-9H2,2-4H3. The van der Waals surface area contributed by atoms with Crippen LogP contribution in [0.25, 0.3) is 0 Å². The molecule has 0 aromatic carbocycles. The summed E-state index contributed by atoms with van der Waals surface area (Å²) in [6.45, 7) is 8.89. The third-order valence-electron chi connectivity index (χ3n) is 3.85. The summed E-state index contributed by atoms with van der Waals surface area (Å²) in [5.41, 5.74) is -0.550. The minimum absolute atomic E-state index is 0.282. The summed E-state index contributed by atoms with van der Waals surface area (Å²) in [6, 6.07) is 0. The fourth-order valence-electron chi connectivity index (χ4n) is 1.98. The Bertz CT molecular complexity index is 374. The second kappa shape index (κ2) is 6.88. The van der Waals surface area contributed by atoms with Crippen LogP contribution in [-0.4, -0.2) is 35.4 Å². The molecule has 0 heterocycles. The number of hydrogen-bond acceptors (Lipinski definition) is 5. The average molecular weight is 284 g/mol. The molecule has 3 unspecified atom stereocenters. The van der Waals surface area contributed by atoms with Gasteiger partial charge < -0.3 is 14.6 Å². The molecular weight excluding hydrogens is 260 g/mol. The van der Waals surface area contributed by atoms with Gasteiger partial charge in [0.2, 0.25) is 0 Å². The lowest BCUT2D eigenvalue weighted by Gasteiger charge is -2.34. The summed E-state index contributed by atoms with van der Waals surface area (Å²) in [6.07, 6.45) is 1.45. The van der Waals surface area contributed by atoms with Gasteiger partial charge in [-0.3, -0.25) is 4.79 Å². The van der Waals surface area contributed by atoms with Gasteiger partial charge in [0.15, 0.2) is 0 Å². The molecule has 0 aliphatic heterocycles. The van der Waals surface area contributed by atoms with Crippen molar-refractivity contribution in [3.8, 4) is 0 Å². The first-order chi connectivity index (χ1) is 9.30. The van der Waals surface area contributed by atoms with Crippen molar-refractivity contribution in [1.82, 2.24) is 0 Å². The monoisotopic (exact) mass is 284 g/mol. The number of aliphatic hydroxyl groups excluding tert-OH is 1. The molecule has 0 bridgehead atoms. The van der Waals surface area contributed by atoms with E-state index in [2.05, 4.69) is 6.58 Å². The van der Waals surface area contributed by atoms with Crippen molar-refractivity contribution in [3.05, 3.63) is 12.7 Å². The number of rotatable bonds is 5. The fourth-order valence-corrected chi connectivity index (χ4v) is 1.98. The molecule has 20 heavy (non-hydrogen) atoms. The maximum absolute atomic E-state index is 12.0. The van der Waals surface area contributed by atoms with Crippen LogP contribution in [0.4, 0.5) is 0 Å². The molecule has 0 aromatic heterocycles. The topological polar surface area (TPSA) is 72.8 Å². The minimum Gasteiger partial charge on any atom is -0.459 e. The molecule has 1 fully saturated rings. The first-order valence-electron chi connectivity index (χ1n) is 7.02. The highest BCUT2D eigenvalue weighted by molar-refractivity contribution is 5.81. The van der Waals surface area contributed by atoms with Crippen LogP contribution in [0.5, 0.6) is 0 Å². The van der Waals surface area contributed by atoms with Crippen molar-refractivity contribution in [2.45, 2.75) is 64.8 Å². The van der Waals surface area contributed by atoms with E-state index in [0.717, 1.165) is 6.08 Å². The largest absolute Gasteiger partial charge is 0.459 e. The maximum Gasteiger partial charge on any atom is 0.330 e. The van der Waals surface area contributed by atoms with Crippen LogP contribution in [-0.2, 0) is 19.1 Å². The second-order valence-corrected chi connectivity index (χ2v) is 5.82. The first-order valence-corrected chi connectivity index (χ1v) is 7.02. The summed E-state index contributed by atoms with van der Waals surface area (Å²) in [5.74, 6) is -0.796. The predicted octanol–water partition coefficient (Wildman–Crippen LogP) is 1.98. The highest BCUT2D eigenvalue weighted by atomic mass is 16.6. The number of hydrogen-bond donors (Lipinski definition) is 1. The summed E-state index contributed by atoms with van der Waals surface area (Å²) in [5, 5.41) is 10.0. The smallest absolute Gasteiger partial charge is 0.330 e. The summed E-state index contributed by atoms with van der Waals surface area (Å²) >= 11 is 0. The van der Waals surface area contributed by atoms with Crippen LogP contribution in [0.1, 0.15) is 46.5 Å². The number of ether oxygens (including phenoxy) is 2. The SMILES string of the molecule is C=CC(=O)OC1CCC(OC(=O)C(C)(C)CC)C(O)C1. The molecule has 0 spiro atoms. The van der Waals surface area contributed by atoms with Crippen LogP contribution in [0.15, 0.2) is 12.7 Å². The highest BCUT2D eigenvalue weighted by Crippen LogP contribution is 2.28. The molecule has 1 aliphatic carbocycles. The van der Waals surface area contributed by atoms with E-state index in [4.69, 9.17) is 9.47 Å². The van der Waals surface area contributed by atoms with Gasteiger partial charge in [-0.1, -0.05) is 13.5 Å². The maximum atomic E-state index is 12.0. The molecule has 0 amide bonds. The van der Waals surface area contributed by atoms with Gasteiger partial charge in [0.05, 0.1) is 11.5 Å². The van der Waals surface area contributed by atoms with E-state index in [1.54, 1.807) is 0 Å². The van der Waals surface area contributed by atoms with Gasteiger partial charge in [-0.25, -0.2) is 4.79 Å². The van der Waals surface area contributed by atoms with Crippen molar-refractivity contribution in [2.24, 2.45) is 5.41 Å². The van der Waals surface area contributed by atoms with Crippen molar-refractivity contribution in [1.29, 1.82) is 0 Å². The van der Waals surface area contributed by atoms with Gasteiger partial charge in [-0.15, -0.1) is 0 Å². The zero-order chi connectivity index (χ0) is 15.3. The summed E-state index contributed by atoms with van der Waals surface area (Å²) in [4.78, 5) is 23.1. The molecule has 1 N–H and O–H groups in total. The fraction of sp³-hybridized carbons (Fsp3) is 0.733. The van der Waals surface area contributed by atoms with Gasteiger partial charge in [0, 0.05) is 12.5 Å². The van der Waals surface area contributed by atoms with Crippen LogP contribution >= 0.6 is 0 Å². The Morgan fingerprint density at radius 3 is 2.50 bits per heavy atom. The molecule has 5 nitrogen and oxygen atoms in total. The highest BCUT2D eigenvalue weighted by Gasteiger charge is 2.36. The third-order valence-corrected chi connectivity index (χ3v) is 3.85. The summed E-state index contributed by atoms with van der Waals surface area (Å²) < 4.78 is 10.5. The molecule has 114 valence electrons. The Morgan fingerprint density at radius 1 is 1.35 bits per heavy atom. The third kappa shape index (κ3) is 4.34. The zero-order valence-corrected chi connectivity index (χ0v) is 12.4. The minimum atomic E-state index is -0.803. The molecule has 1 aliphatic rings. The van der Waals surface area contributed by atoms with Crippen molar-refractivity contribution < 1.29 is 24.2 Å². The van der Waals surface area contributed by atoms with Gasteiger partial charge in [-0.05, 0) is 33.1 Å². The zero-order valence-electron chi connectivity index (χ0n) is 12.4. The van der Waals surface area contributed by atoms with Crippen LogP contribution < -0.4 is 0 Å². The molecular formula is C15H24O5. The van der Waals surface area contributed by atoms with Crippen LogP contribution in [0, 0.1) is 5.41 Å². The lowest BCUT2D eigenvalue weighted by molar-refractivity contribution is -0.174. The Labute approximate surface area is 119 Å². The first kappa shape index (κ1) is 16.7. The molecule has 0 saturated heterocycles. The Morgan fingerprint density at radius 2 is 2.00 bits per heavy atom. The van der Waals surface area contributed by atoms with E-state index in [1.807, 2.05) is 20.8 Å². The number of carbonyl (C=O) groups is 2. The molecule has 0 radical (unpaired) electrons. The lowest BCUT2D eigenvalue weighted by Crippen LogP contribution is -2.42. The van der Waals surface area contributed by atoms with Crippen LogP contribution in [0.2, 0.25) is 0 Å². The number of aliphatic hydroxyl groups is 1. The Balaban J connectivity index is 2.51. The van der Waals surface area contributed by atoms with E-state index >= 15 is 0 Å². The van der Waals surface area contributed by atoms with Gasteiger partial charge >= 0.3 is 11.9 Å². The van der Waals surface area contributed by atoms with E-state index in [9.17, 15) is 14.7 Å². The molecule has 1 rings (SSSR count). The van der Waals surface area contributed by atoms with Crippen LogP contribution in [0.3, 0.4) is 0 Å².